The Bertz CT molecular complexity index is 1100. The molecular weight excluding hydrogens is 363 g/mol. The highest BCUT2D eigenvalue weighted by molar-refractivity contribution is 5.89. The molecule has 4 aromatic rings. The van der Waals surface area contributed by atoms with Gasteiger partial charge in [0.2, 0.25) is 5.82 Å². The van der Waals surface area contributed by atoms with Crippen LogP contribution in [0.25, 0.3) is 17.1 Å². The Morgan fingerprint density at radius 3 is 2.54 bits per heavy atom. The number of nitrogens with zero attached hydrogens (tertiary/aromatic N) is 4. The molecule has 0 atom stereocenters. The molecule has 2 heterocycles. The van der Waals surface area contributed by atoms with Crippen molar-refractivity contribution in [2.24, 2.45) is 0 Å². The second-order valence-electron chi connectivity index (χ2n) is 6.03. The first kappa shape index (κ1) is 17.6. The Hall–Kier alpha value is -3.81. The number of aryl methyl sites for hydroxylation is 1. The zero-order chi connectivity index (χ0) is 19.5. The fourth-order valence-electron chi connectivity index (χ4n) is 2.62. The lowest BCUT2D eigenvalue weighted by molar-refractivity contribution is 0.0430. The van der Waals surface area contributed by atoms with E-state index in [2.05, 4.69) is 15.2 Å². The van der Waals surface area contributed by atoms with Crippen molar-refractivity contribution in [1.29, 1.82) is 0 Å². The van der Waals surface area contributed by atoms with Crippen LogP contribution < -0.4 is 0 Å². The number of aromatic nitrogens is 4. The van der Waals surface area contributed by atoms with Crippen LogP contribution >= 0.6 is 0 Å². The number of esters is 1. The predicted octanol–water partition coefficient (Wildman–Crippen LogP) is 3.73. The van der Waals surface area contributed by atoms with Gasteiger partial charge < -0.3 is 9.26 Å². The minimum Gasteiger partial charge on any atom is -0.452 e. The Labute approximate surface area is 159 Å². The second kappa shape index (κ2) is 7.43. The average Bonchev–Trinajstić information content (AvgIpc) is 3.36. The third-order valence-electron chi connectivity index (χ3n) is 4.08. The molecule has 0 saturated carbocycles. The van der Waals surface area contributed by atoms with E-state index in [0.29, 0.717) is 17.0 Å². The van der Waals surface area contributed by atoms with E-state index in [1.54, 1.807) is 47.3 Å². The van der Waals surface area contributed by atoms with E-state index in [9.17, 15) is 9.18 Å². The minimum atomic E-state index is -0.509. The number of hydrogen-bond acceptors (Lipinski definition) is 6. The van der Waals surface area contributed by atoms with Crippen LogP contribution in [0, 0.1) is 12.7 Å². The van der Waals surface area contributed by atoms with Gasteiger partial charge in [-0.25, -0.2) is 13.9 Å². The van der Waals surface area contributed by atoms with Crippen molar-refractivity contribution in [3.8, 4) is 17.1 Å². The predicted molar refractivity (Wildman–Crippen MR) is 97.1 cm³/mol. The van der Waals surface area contributed by atoms with Gasteiger partial charge in [0, 0.05) is 17.5 Å². The maximum absolute atomic E-state index is 13.0. The molecule has 0 N–H and O–H groups in total. The molecular formula is C20H15FN4O3. The van der Waals surface area contributed by atoms with Crippen molar-refractivity contribution in [3.63, 3.8) is 0 Å². The van der Waals surface area contributed by atoms with Crippen LogP contribution in [0.1, 0.15) is 21.9 Å². The number of benzene rings is 2. The molecule has 0 radical (unpaired) electrons. The Morgan fingerprint density at radius 2 is 1.86 bits per heavy atom. The number of carbonyl (C=O) groups excluding carboxylic acids is 1. The Kier molecular flexibility index (Phi) is 4.67. The van der Waals surface area contributed by atoms with Crippen LogP contribution in [-0.4, -0.2) is 25.9 Å². The van der Waals surface area contributed by atoms with E-state index in [0.717, 1.165) is 11.4 Å². The van der Waals surface area contributed by atoms with E-state index < -0.39 is 5.97 Å². The summed E-state index contributed by atoms with van der Waals surface area (Å²) in [5.41, 5.74) is 2.84. The number of hydrogen-bond donors (Lipinski definition) is 0. The quantitative estimate of drug-likeness (QED) is 0.492. The SMILES string of the molecule is Cc1ccnn1-c1ccc(C(=O)OCc2nc(-c3ccc(F)cc3)no2)cc1. The Balaban J connectivity index is 1.39. The largest absolute Gasteiger partial charge is 0.452 e. The highest BCUT2D eigenvalue weighted by atomic mass is 19.1. The van der Waals surface area contributed by atoms with Gasteiger partial charge in [-0.15, -0.1) is 0 Å². The molecule has 0 unspecified atom stereocenters. The summed E-state index contributed by atoms with van der Waals surface area (Å²) in [5.74, 6) is -0.415. The standard InChI is InChI=1S/C20H15FN4O3/c1-13-10-11-22-25(13)17-8-4-15(5-9-17)20(26)27-12-18-23-19(24-28-18)14-2-6-16(21)7-3-14/h2-11H,12H2,1H3. The van der Waals surface area contributed by atoms with E-state index in [1.165, 1.54) is 12.1 Å². The molecule has 0 amide bonds. The highest BCUT2D eigenvalue weighted by Crippen LogP contribution is 2.17. The molecule has 0 aliphatic carbocycles. The van der Waals surface area contributed by atoms with Gasteiger partial charge in [0.25, 0.3) is 5.89 Å². The third kappa shape index (κ3) is 3.66. The molecule has 2 aromatic heterocycles. The zero-order valence-electron chi connectivity index (χ0n) is 14.9. The summed E-state index contributed by atoms with van der Waals surface area (Å²) >= 11 is 0. The molecule has 140 valence electrons. The fraction of sp³-hybridized carbons (Fsp3) is 0.100. The Morgan fingerprint density at radius 1 is 1.11 bits per heavy atom. The van der Waals surface area contributed by atoms with Crippen molar-refractivity contribution < 1.29 is 18.4 Å². The summed E-state index contributed by atoms with van der Waals surface area (Å²) in [6.45, 7) is 1.78. The summed E-state index contributed by atoms with van der Waals surface area (Å²) in [6.07, 6.45) is 1.71. The van der Waals surface area contributed by atoms with Crippen molar-refractivity contribution in [3.05, 3.63) is 83.8 Å². The van der Waals surface area contributed by atoms with Crippen LogP contribution in [0.2, 0.25) is 0 Å². The van der Waals surface area contributed by atoms with Gasteiger partial charge in [0.1, 0.15) is 5.82 Å². The van der Waals surface area contributed by atoms with Gasteiger partial charge in [-0.1, -0.05) is 5.16 Å². The van der Waals surface area contributed by atoms with E-state index in [-0.39, 0.29) is 18.3 Å². The number of ether oxygens (including phenoxy) is 1. The normalized spacial score (nSPS) is 10.8. The third-order valence-corrected chi connectivity index (χ3v) is 4.08. The summed E-state index contributed by atoms with van der Waals surface area (Å²) in [4.78, 5) is 16.4. The lowest BCUT2D eigenvalue weighted by Crippen LogP contribution is -2.06. The van der Waals surface area contributed by atoms with E-state index in [4.69, 9.17) is 9.26 Å². The van der Waals surface area contributed by atoms with Gasteiger partial charge in [-0.2, -0.15) is 10.1 Å². The maximum atomic E-state index is 13.0. The second-order valence-corrected chi connectivity index (χ2v) is 6.03. The molecule has 8 heteroatoms. The summed E-state index contributed by atoms with van der Waals surface area (Å²) in [7, 11) is 0. The highest BCUT2D eigenvalue weighted by Gasteiger charge is 2.13. The smallest absolute Gasteiger partial charge is 0.338 e. The van der Waals surface area contributed by atoms with Crippen LogP contribution in [0.15, 0.2) is 65.3 Å². The molecule has 7 nitrogen and oxygen atoms in total. The van der Waals surface area contributed by atoms with Gasteiger partial charge >= 0.3 is 5.97 Å². The first-order valence-corrected chi connectivity index (χ1v) is 8.47. The van der Waals surface area contributed by atoms with Gasteiger partial charge in [0.15, 0.2) is 6.61 Å². The molecule has 0 aliphatic heterocycles. The molecule has 4 rings (SSSR count). The first-order valence-electron chi connectivity index (χ1n) is 8.47. The molecule has 0 fully saturated rings. The summed E-state index contributed by atoms with van der Waals surface area (Å²) in [6, 6.07) is 14.5. The summed E-state index contributed by atoms with van der Waals surface area (Å²) in [5, 5.41) is 8.03. The molecule has 2 aromatic carbocycles. The van der Waals surface area contributed by atoms with Gasteiger partial charge in [-0.05, 0) is 61.5 Å². The van der Waals surface area contributed by atoms with Crippen LogP contribution in [0.4, 0.5) is 4.39 Å². The number of carbonyl (C=O) groups is 1. The lowest BCUT2D eigenvalue weighted by atomic mass is 10.2. The van der Waals surface area contributed by atoms with E-state index in [1.807, 2.05) is 13.0 Å². The average molecular weight is 378 g/mol. The number of rotatable bonds is 5. The first-order chi connectivity index (χ1) is 13.6. The topological polar surface area (TPSA) is 83.0 Å². The minimum absolute atomic E-state index is 0.150. The zero-order valence-corrected chi connectivity index (χ0v) is 14.9. The molecule has 0 saturated heterocycles. The van der Waals surface area contributed by atoms with Crippen molar-refractivity contribution in [2.75, 3.05) is 0 Å². The van der Waals surface area contributed by atoms with Gasteiger partial charge in [-0.3, -0.25) is 0 Å². The van der Waals surface area contributed by atoms with Crippen molar-refractivity contribution in [1.82, 2.24) is 19.9 Å². The lowest BCUT2D eigenvalue weighted by Gasteiger charge is -2.06. The maximum Gasteiger partial charge on any atom is 0.338 e. The molecule has 0 bridgehead atoms. The summed E-state index contributed by atoms with van der Waals surface area (Å²) < 4.78 is 25.0. The van der Waals surface area contributed by atoms with Crippen molar-refractivity contribution >= 4 is 5.97 Å². The molecule has 0 spiro atoms. The molecule has 28 heavy (non-hydrogen) atoms. The molecule has 0 aliphatic rings. The van der Waals surface area contributed by atoms with Crippen molar-refractivity contribution in [2.45, 2.75) is 13.5 Å². The fourth-order valence-corrected chi connectivity index (χ4v) is 2.62. The van der Waals surface area contributed by atoms with Crippen LogP contribution in [-0.2, 0) is 11.3 Å². The monoisotopic (exact) mass is 378 g/mol. The van der Waals surface area contributed by atoms with Gasteiger partial charge in [0.05, 0.1) is 11.3 Å². The van der Waals surface area contributed by atoms with Crippen LogP contribution in [0.5, 0.6) is 0 Å². The van der Waals surface area contributed by atoms with E-state index >= 15 is 0 Å². The van der Waals surface area contributed by atoms with Crippen LogP contribution in [0.3, 0.4) is 0 Å². The number of halogens is 1.